The van der Waals surface area contributed by atoms with Gasteiger partial charge in [-0.05, 0) is 37.6 Å². The molecule has 0 bridgehead atoms. The third kappa shape index (κ3) is 5.63. The van der Waals surface area contributed by atoms with Crippen LogP contribution in [-0.4, -0.2) is 43.2 Å². The standard InChI is InChI=1S/C22H29N5O2/c1-4-23-22(25-15-16-11-12-17(28-2)14-20(16)29-3)24-13-7-10-21-26-18-8-5-6-9-19(18)27-21/h5-6,8-9,11-12,14H,4,7,10,13,15H2,1-3H3,(H,26,27)(H2,23,24,25). The Morgan fingerprint density at radius 2 is 1.97 bits per heavy atom. The van der Waals surface area contributed by atoms with Crippen LogP contribution >= 0.6 is 0 Å². The van der Waals surface area contributed by atoms with Crippen molar-refractivity contribution in [2.24, 2.45) is 4.99 Å². The molecule has 154 valence electrons. The van der Waals surface area contributed by atoms with Gasteiger partial charge in [0.25, 0.3) is 0 Å². The number of fused-ring (bicyclic) bond motifs is 1. The van der Waals surface area contributed by atoms with E-state index in [1.165, 1.54) is 0 Å². The number of hydrogen-bond acceptors (Lipinski definition) is 4. The van der Waals surface area contributed by atoms with Gasteiger partial charge < -0.3 is 25.1 Å². The molecule has 2 aromatic carbocycles. The Morgan fingerprint density at radius 3 is 2.72 bits per heavy atom. The van der Waals surface area contributed by atoms with Crippen molar-refractivity contribution in [3.63, 3.8) is 0 Å². The van der Waals surface area contributed by atoms with Gasteiger partial charge in [-0.3, -0.25) is 0 Å². The van der Waals surface area contributed by atoms with E-state index in [-0.39, 0.29) is 0 Å². The number of methoxy groups -OCH3 is 2. The largest absolute Gasteiger partial charge is 0.497 e. The molecule has 0 aliphatic rings. The molecule has 1 aromatic heterocycles. The highest BCUT2D eigenvalue weighted by atomic mass is 16.5. The molecule has 3 N–H and O–H groups in total. The predicted octanol–water partition coefficient (Wildman–Crippen LogP) is 3.27. The molecule has 0 radical (unpaired) electrons. The summed E-state index contributed by atoms with van der Waals surface area (Å²) in [6.45, 7) is 4.18. The predicted molar refractivity (Wildman–Crippen MR) is 117 cm³/mol. The second kappa shape index (κ2) is 10.4. The zero-order chi connectivity index (χ0) is 20.5. The number of nitrogens with one attached hydrogen (secondary N) is 3. The zero-order valence-electron chi connectivity index (χ0n) is 17.3. The Balaban J connectivity index is 1.54. The van der Waals surface area contributed by atoms with Crippen LogP contribution in [0.4, 0.5) is 0 Å². The van der Waals surface area contributed by atoms with Gasteiger partial charge in [0.1, 0.15) is 17.3 Å². The lowest BCUT2D eigenvalue weighted by atomic mass is 10.2. The summed E-state index contributed by atoms with van der Waals surface area (Å²) in [5.41, 5.74) is 3.10. The lowest BCUT2D eigenvalue weighted by molar-refractivity contribution is 0.391. The van der Waals surface area contributed by atoms with Crippen LogP contribution in [0.25, 0.3) is 11.0 Å². The number of benzene rings is 2. The molecular formula is C22H29N5O2. The molecule has 3 rings (SSSR count). The van der Waals surface area contributed by atoms with Crippen LogP contribution in [0.15, 0.2) is 47.5 Å². The molecular weight excluding hydrogens is 366 g/mol. The number of nitrogens with zero attached hydrogens (tertiary/aromatic N) is 2. The van der Waals surface area contributed by atoms with E-state index in [4.69, 9.17) is 9.47 Å². The van der Waals surface area contributed by atoms with Crippen molar-refractivity contribution in [2.75, 3.05) is 27.3 Å². The average molecular weight is 396 g/mol. The Bertz CT molecular complexity index is 918. The van der Waals surface area contributed by atoms with Crippen molar-refractivity contribution >= 4 is 17.0 Å². The maximum absolute atomic E-state index is 5.45. The van der Waals surface area contributed by atoms with Crippen LogP contribution in [0, 0.1) is 0 Å². The lowest BCUT2D eigenvalue weighted by Gasteiger charge is -2.12. The summed E-state index contributed by atoms with van der Waals surface area (Å²) < 4.78 is 10.7. The molecule has 0 saturated carbocycles. The minimum atomic E-state index is 0.520. The molecule has 0 spiro atoms. The normalized spacial score (nSPS) is 11.5. The summed E-state index contributed by atoms with van der Waals surface area (Å²) in [5.74, 6) is 3.34. The van der Waals surface area contributed by atoms with E-state index < -0.39 is 0 Å². The van der Waals surface area contributed by atoms with Gasteiger partial charge in [-0.25, -0.2) is 9.98 Å². The fraction of sp³-hybridized carbons (Fsp3) is 0.364. The number of guanidine groups is 1. The number of H-pyrrole nitrogens is 1. The number of imidazole rings is 1. The van der Waals surface area contributed by atoms with E-state index in [1.54, 1.807) is 14.2 Å². The third-order valence-electron chi connectivity index (χ3n) is 4.57. The van der Waals surface area contributed by atoms with Gasteiger partial charge >= 0.3 is 0 Å². The Kier molecular flexibility index (Phi) is 7.33. The number of aromatic nitrogens is 2. The second-order valence-electron chi connectivity index (χ2n) is 6.60. The van der Waals surface area contributed by atoms with Crippen LogP contribution in [0.2, 0.25) is 0 Å². The number of hydrogen-bond donors (Lipinski definition) is 3. The molecule has 0 atom stereocenters. The van der Waals surface area contributed by atoms with E-state index in [2.05, 4.69) is 32.5 Å². The third-order valence-corrected chi connectivity index (χ3v) is 4.57. The molecule has 0 aliphatic carbocycles. The van der Waals surface area contributed by atoms with Crippen LogP contribution < -0.4 is 20.1 Å². The fourth-order valence-electron chi connectivity index (χ4n) is 3.08. The van der Waals surface area contributed by atoms with Crippen LogP contribution in [-0.2, 0) is 13.0 Å². The molecule has 7 heteroatoms. The first-order valence-corrected chi connectivity index (χ1v) is 9.90. The minimum Gasteiger partial charge on any atom is -0.497 e. The van der Waals surface area contributed by atoms with Gasteiger partial charge in [0.05, 0.1) is 31.8 Å². The molecule has 0 aliphatic heterocycles. The molecule has 29 heavy (non-hydrogen) atoms. The first-order chi connectivity index (χ1) is 14.2. The summed E-state index contributed by atoms with van der Waals surface area (Å²) in [5, 5.41) is 6.67. The monoisotopic (exact) mass is 395 g/mol. The Morgan fingerprint density at radius 1 is 1.10 bits per heavy atom. The van der Waals surface area contributed by atoms with Crippen molar-refractivity contribution in [1.82, 2.24) is 20.6 Å². The Labute approximate surface area is 171 Å². The summed E-state index contributed by atoms with van der Waals surface area (Å²) in [4.78, 5) is 12.7. The second-order valence-corrected chi connectivity index (χ2v) is 6.60. The van der Waals surface area contributed by atoms with Crippen molar-refractivity contribution in [3.05, 3.63) is 53.9 Å². The number of para-hydroxylation sites is 2. The van der Waals surface area contributed by atoms with Crippen molar-refractivity contribution in [1.29, 1.82) is 0 Å². The number of aromatic amines is 1. The van der Waals surface area contributed by atoms with E-state index in [0.717, 1.165) is 65.8 Å². The maximum atomic E-state index is 5.45. The van der Waals surface area contributed by atoms with Crippen LogP contribution in [0.3, 0.4) is 0 Å². The van der Waals surface area contributed by atoms with Crippen molar-refractivity contribution < 1.29 is 9.47 Å². The van der Waals surface area contributed by atoms with E-state index in [1.807, 2.05) is 42.5 Å². The summed E-state index contributed by atoms with van der Waals surface area (Å²) in [7, 11) is 3.30. The fourth-order valence-corrected chi connectivity index (χ4v) is 3.08. The number of ether oxygens (including phenoxy) is 2. The molecule has 0 amide bonds. The topological polar surface area (TPSA) is 83.6 Å². The number of aryl methyl sites for hydroxylation is 1. The quantitative estimate of drug-likeness (QED) is 0.294. The highest BCUT2D eigenvalue weighted by Crippen LogP contribution is 2.25. The summed E-state index contributed by atoms with van der Waals surface area (Å²) in [6.07, 6.45) is 1.84. The molecule has 7 nitrogen and oxygen atoms in total. The maximum Gasteiger partial charge on any atom is 0.191 e. The van der Waals surface area contributed by atoms with Crippen LogP contribution in [0.1, 0.15) is 24.7 Å². The first kappa shape index (κ1) is 20.5. The molecule has 3 aromatic rings. The highest BCUT2D eigenvalue weighted by molar-refractivity contribution is 5.79. The van der Waals surface area contributed by atoms with Crippen LogP contribution in [0.5, 0.6) is 11.5 Å². The van der Waals surface area contributed by atoms with Gasteiger partial charge in [0, 0.05) is 31.1 Å². The van der Waals surface area contributed by atoms with E-state index in [9.17, 15) is 0 Å². The van der Waals surface area contributed by atoms with Crippen molar-refractivity contribution in [3.8, 4) is 11.5 Å². The van der Waals surface area contributed by atoms with Gasteiger partial charge in [0.15, 0.2) is 5.96 Å². The smallest absolute Gasteiger partial charge is 0.191 e. The van der Waals surface area contributed by atoms with E-state index in [0.29, 0.717) is 6.54 Å². The SMILES string of the molecule is CCNC(=NCc1ccc(OC)cc1OC)NCCCc1nc2ccccc2[nH]1. The highest BCUT2D eigenvalue weighted by Gasteiger charge is 2.06. The van der Waals surface area contributed by atoms with Crippen molar-refractivity contribution in [2.45, 2.75) is 26.3 Å². The summed E-state index contributed by atoms with van der Waals surface area (Å²) in [6, 6.07) is 13.9. The molecule has 1 heterocycles. The van der Waals surface area contributed by atoms with Gasteiger partial charge in [-0.2, -0.15) is 0 Å². The lowest BCUT2D eigenvalue weighted by Crippen LogP contribution is -2.37. The molecule has 0 fully saturated rings. The average Bonchev–Trinajstić information content (AvgIpc) is 3.17. The van der Waals surface area contributed by atoms with Gasteiger partial charge in [-0.1, -0.05) is 12.1 Å². The number of rotatable bonds is 9. The number of aliphatic imine (C=N–C) groups is 1. The van der Waals surface area contributed by atoms with E-state index >= 15 is 0 Å². The minimum absolute atomic E-state index is 0.520. The molecule has 0 saturated heterocycles. The Hall–Kier alpha value is -3.22. The zero-order valence-corrected chi connectivity index (χ0v) is 17.3. The molecule has 0 unspecified atom stereocenters. The summed E-state index contributed by atoms with van der Waals surface area (Å²) >= 11 is 0. The first-order valence-electron chi connectivity index (χ1n) is 9.90. The van der Waals surface area contributed by atoms with Gasteiger partial charge in [0.2, 0.25) is 0 Å². The van der Waals surface area contributed by atoms with Gasteiger partial charge in [-0.15, -0.1) is 0 Å².